The summed E-state index contributed by atoms with van der Waals surface area (Å²) in [6.07, 6.45) is 0. The van der Waals surface area contributed by atoms with Crippen molar-refractivity contribution in [2.75, 3.05) is 5.73 Å². The molecule has 96 valence electrons. The van der Waals surface area contributed by atoms with Crippen LogP contribution in [0.5, 0.6) is 11.5 Å². The van der Waals surface area contributed by atoms with Gasteiger partial charge in [0.15, 0.2) is 5.75 Å². The number of nitrogens with two attached hydrogens (primary N) is 1. The first-order chi connectivity index (χ1) is 9.15. The molecule has 3 nitrogen and oxygen atoms in total. The predicted molar refractivity (Wildman–Crippen MR) is 75.2 cm³/mol. The first kappa shape index (κ1) is 11.9. The van der Waals surface area contributed by atoms with Crippen molar-refractivity contribution in [1.82, 2.24) is 4.98 Å². The van der Waals surface area contributed by atoms with Crippen molar-refractivity contribution in [1.29, 1.82) is 0 Å². The number of thiazole rings is 1. The fourth-order valence-corrected chi connectivity index (χ4v) is 2.48. The molecule has 0 fully saturated rings. The van der Waals surface area contributed by atoms with Crippen LogP contribution in [0.4, 0.5) is 10.1 Å². The third-order valence-electron chi connectivity index (χ3n) is 2.87. The first-order valence-electron chi connectivity index (χ1n) is 5.71. The van der Waals surface area contributed by atoms with Crippen LogP contribution < -0.4 is 10.5 Å². The Hall–Kier alpha value is -2.14. The van der Waals surface area contributed by atoms with Gasteiger partial charge in [-0.25, -0.2) is 9.37 Å². The number of ether oxygens (including phenoxy) is 1. The van der Waals surface area contributed by atoms with Gasteiger partial charge in [-0.05, 0) is 30.7 Å². The molecule has 1 aromatic heterocycles. The second-order valence-electron chi connectivity index (χ2n) is 4.19. The number of rotatable bonds is 2. The Morgan fingerprint density at radius 3 is 2.89 bits per heavy atom. The zero-order valence-corrected chi connectivity index (χ0v) is 11.0. The van der Waals surface area contributed by atoms with Crippen LogP contribution in [-0.2, 0) is 0 Å². The third-order valence-corrected chi connectivity index (χ3v) is 3.67. The normalized spacial score (nSPS) is 10.8. The van der Waals surface area contributed by atoms with Gasteiger partial charge in [0.2, 0.25) is 0 Å². The van der Waals surface area contributed by atoms with Gasteiger partial charge in [-0.1, -0.05) is 6.07 Å². The highest BCUT2D eigenvalue weighted by Crippen LogP contribution is 2.34. The summed E-state index contributed by atoms with van der Waals surface area (Å²) in [5.74, 6) is 0.608. The summed E-state index contributed by atoms with van der Waals surface area (Å²) in [7, 11) is 0. The molecule has 2 N–H and O–H groups in total. The van der Waals surface area contributed by atoms with E-state index in [1.54, 1.807) is 30.6 Å². The number of benzene rings is 2. The maximum absolute atomic E-state index is 13.5. The van der Waals surface area contributed by atoms with Crippen LogP contribution in [0.25, 0.3) is 10.2 Å². The van der Waals surface area contributed by atoms with Gasteiger partial charge in [0.05, 0.1) is 10.2 Å². The molecule has 0 aliphatic rings. The van der Waals surface area contributed by atoms with Gasteiger partial charge in [0, 0.05) is 6.07 Å². The zero-order chi connectivity index (χ0) is 13.4. The standard InChI is InChI=1S/C14H11FN2OS/c1-8-2-3-9(6-10(8)15)18-11-4-5-12-14(13(11)16)17-7-19-12/h2-7H,16H2,1H3. The molecule has 2 aromatic carbocycles. The van der Waals surface area contributed by atoms with Gasteiger partial charge >= 0.3 is 0 Å². The quantitative estimate of drug-likeness (QED) is 0.715. The van der Waals surface area contributed by atoms with Crippen LogP contribution in [0.15, 0.2) is 35.8 Å². The topological polar surface area (TPSA) is 48.1 Å². The molecule has 5 heteroatoms. The Balaban J connectivity index is 2.00. The predicted octanol–water partition coefficient (Wildman–Crippen LogP) is 4.12. The molecular formula is C14H11FN2OS. The molecule has 1 heterocycles. The van der Waals surface area contributed by atoms with Crippen LogP contribution in [0, 0.1) is 12.7 Å². The number of hydrogen-bond acceptors (Lipinski definition) is 4. The summed E-state index contributed by atoms with van der Waals surface area (Å²) in [6, 6.07) is 8.39. The van der Waals surface area contributed by atoms with Crippen LogP contribution >= 0.6 is 11.3 Å². The molecule has 0 bridgehead atoms. The second-order valence-corrected chi connectivity index (χ2v) is 5.08. The van der Waals surface area contributed by atoms with Gasteiger partial charge in [-0.15, -0.1) is 11.3 Å². The molecule has 0 aliphatic carbocycles. The smallest absolute Gasteiger partial charge is 0.152 e. The number of hydrogen-bond donors (Lipinski definition) is 1. The van der Waals surface area contributed by atoms with Crippen molar-refractivity contribution in [2.45, 2.75) is 6.92 Å². The summed E-state index contributed by atoms with van der Waals surface area (Å²) in [4.78, 5) is 4.19. The lowest BCUT2D eigenvalue weighted by Gasteiger charge is -2.09. The molecule has 0 atom stereocenters. The van der Waals surface area contributed by atoms with Crippen LogP contribution in [-0.4, -0.2) is 4.98 Å². The number of nitrogens with zero attached hydrogens (tertiary/aromatic N) is 1. The van der Waals surface area contributed by atoms with E-state index in [-0.39, 0.29) is 5.82 Å². The maximum Gasteiger partial charge on any atom is 0.152 e. The van der Waals surface area contributed by atoms with Gasteiger partial charge in [0.1, 0.15) is 22.8 Å². The number of halogens is 1. The molecular weight excluding hydrogens is 263 g/mol. The van der Waals surface area contributed by atoms with Crippen molar-refractivity contribution in [3.8, 4) is 11.5 Å². The van der Waals surface area contributed by atoms with E-state index in [0.717, 1.165) is 10.2 Å². The lowest BCUT2D eigenvalue weighted by molar-refractivity contribution is 0.479. The molecule has 0 radical (unpaired) electrons. The largest absolute Gasteiger partial charge is 0.455 e. The van der Waals surface area contributed by atoms with Gasteiger partial charge < -0.3 is 10.5 Å². The van der Waals surface area contributed by atoms with E-state index < -0.39 is 0 Å². The van der Waals surface area contributed by atoms with Crippen molar-refractivity contribution in [3.05, 3.63) is 47.2 Å². The minimum absolute atomic E-state index is 0.300. The summed E-state index contributed by atoms with van der Waals surface area (Å²) in [5.41, 5.74) is 9.51. The zero-order valence-electron chi connectivity index (χ0n) is 10.2. The Labute approximate surface area is 113 Å². The van der Waals surface area contributed by atoms with Crippen molar-refractivity contribution >= 4 is 27.2 Å². The molecule has 0 saturated carbocycles. The van der Waals surface area contributed by atoms with Gasteiger partial charge in [0.25, 0.3) is 0 Å². The summed E-state index contributed by atoms with van der Waals surface area (Å²) in [6.45, 7) is 1.70. The Kier molecular flexibility index (Phi) is 2.83. The minimum atomic E-state index is -0.300. The molecule has 0 saturated heterocycles. The minimum Gasteiger partial charge on any atom is -0.455 e. The summed E-state index contributed by atoms with van der Waals surface area (Å²) < 4.78 is 20.1. The highest BCUT2D eigenvalue weighted by atomic mass is 32.1. The molecule has 0 unspecified atom stereocenters. The van der Waals surface area contributed by atoms with E-state index in [0.29, 0.717) is 22.7 Å². The Morgan fingerprint density at radius 2 is 2.11 bits per heavy atom. The van der Waals surface area contributed by atoms with E-state index in [9.17, 15) is 4.39 Å². The van der Waals surface area contributed by atoms with E-state index in [1.807, 2.05) is 6.07 Å². The molecule has 3 rings (SSSR count). The van der Waals surface area contributed by atoms with Crippen LogP contribution in [0.3, 0.4) is 0 Å². The molecule has 19 heavy (non-hydrogen) atoms. The molecule has 0 spiro atoms. The maximum atomic E-state index is 13.5. The number of nitrogen functional groups attached to an aromatic ring is 1. The van der Waals surface area contributed by atoms with E-state index >= 15 is 0 Å². The number of aryl methyl sites for hydroxylation is 1. The van der Waals surface area contributed by atoms with E-state index in [2.05, 4.69) is 4.98 Å². The highest BCUT2D eigenvalue weighted by Gasteiger charge is 2.09. The van der Waals surface area contributed by atoms with Crippen molar-refractivity contribution in [3.63, 3.8) is 0 Å². The SMILES string of the molecule is Cc1ccc(Oc2ccc3scnc3c2N)cc1F. The van der Waals surface area contributed by atoms with E-state index in [1.165, 1.54) is 17.4 Å². The number of aromatic nitrogens is 1. The number of anilines is 1. The third kappa shape index (κ3) is 2.13. The Bertz CT molecular complexity index is 754. The highest BCUT2D eigenvalue weighted by molar-refractivity contribution is 7.16. The first-order valence-corrected chi connectivity index (χ1v) is 6.59. The molecule has 3 aromatic rings. The fourth-order valence-electron chi connectivity index (χ4n) is 1.79. The van der Waals surface area contributed by atoms with Gasteiger partial charge in [-0.2, -0.15) is 0 Å². The van der Waals surface area contributed by atoms with Crippen molar-refractivity contribution in [2.24, 2.45) is 0 Å². The van der Waals surface area contributed by atoms with Gasteiger partial charge in [-0.3, -0.25) is 0 Å². The fraction of sp³-hybridized carbons (Fsp3) is 0.0714. The average Bonchev–Trinajstić information content (AvgIpc) is 2.86. The van der Waals surface area contributed by atoms with Crippen LogP contribution in [0.1, 0.15) is 5.56 Å². The van der Waals surface area contributed by atoms with E-state index in [4.69, 9.17) is 10.5 Å². The van der Waals surface area contributed by atoms with Crippen LogP contribution in [0.2, 0.25) is 0 Å². The lowest BCUT2D eigenvalue weighted by Crippen LogP contribution is -1.94. The van der Waals surface area contributed by atoms with Crippen molar-refractivity contribution < 1.29 is 9.13 Å². The second kappa shape index (κ2) is 4.51. The number of fused-ring (bicyclic) bond motifs is 1. The molecule has 0 aliphatic heterocycles. The lowest BCUT2D eigenvalue weighted by atomic mass is 10.2. The monoisotopic (exact) mass is 274 g/mol. The summed E-state index contributed by atoms with van der Waals surface area (Å²) >= 11 is 1.51. The average molecular weight is 274 g/mol. The summed E-state index contributed by atoms with van der Waals surface area (Å²) in [5, 5.41) is 0. The molecule has 0 amide bonds. The Morgan fingerprint density at radius 1 is 1.26 bits per heavy atom.